The molecule has 262 valence electrons. The second-order valence-electron chi connectivity index (χ2n) is 13.6. The number of nitrogens with one attached hydrogen (secondary N) is 1. The van der Waals surface area contributed by atoms with Gasteiger partial charge in [-0.1, -0.05) is 38.1 Å². The van der Waals surface area contributed by atoms with E-state index in [1.807, 2.05) is 25.1 Å². The molecular formula is C37H37F3N4O5S. The van der Waals surface area contributed by atoms with Crippen molar-refractivity contribution in [3.63, 3.8) is 0 Å². The number of benzene rings is 3. The lowest BCUT2D eigenvalue weighted by molar-refractivity contribution is -0.136. The lowest BCUT2D eigenvalue weighted by Crippen LogP contribution is -2.29. The van der Waals surface area contributed by atoms with Crippen LogP contribution in [0.5, 0.6) is 11.5 Å². The minimum absolute atomic E-state index is 0.0315. The van der Waals surface area contributed by atoms with Crippen molar-refractivity contribution in [2.75, 3.05) is 5.75 Å². The van der Waals surface area contributed by atoms with E-state index in [0.29, 0.717) is 16.3 Å². The highest BCUT2D eigenvalue weighted by Gasteiger charge is 2.38. The number of H-pyrrole nitrogens is 1. The monoisotopic (exact) mass is 706 g/mol. The summed E-state index contributed by atoms with van der Waals surface area (Å²) in [6.07, 6.45) is 2.00. The third-order valence-corrected chi connectivity index (χ3v) is 10.9. The number of aromatic nitrogens is 4. The van der Waals surface area contributed by atoms with E-state index in [-0.39, 0.29) is 66.4 Å². The lowest BCUT2D eigenvalue weighted by atomic mass is 9.72. The van der Waals surface area contributed by atoms with Gasteiger partial charge in [0.05, 0.1) is 22.1 Å². The van der Waals surface area contributed by atoms with Gasteiger partial charge in [0.15, 0.2) is 33.1 Å². The van der Waals surface area contributed by atoms with E-state index >= 15 is 13.2 Å². The molecule has 2 aromatic heterocycles. The number of fused-ring (bicyclic) bond motifs is 8. The molecule has 0 aliphatic carbocycles. The average molecular weight is 707 g/mol. The first-order valence-electron chi connectivity index (χ1n) is 16.2. The molecule has 0 radical (unpaired) electrons. The average Bonchev–Trinajstić information content (AvgIpc) is 3.69. The van der Waals surface area contributed by atoms with Crippen LogP contribution in [0, 0.1) is 17.0 Å². The Morgan fingerprint density at radius 3 is 2.58 bits per heavy atom. The van der Waals surface area contributed by atoms with Crippen LogP contribution in [0.2, 0.25) is 0 Å². The summed E-state index contributed by atoms with van der Waals surface area (Å²) in [5.74, 6) is -3.41. The molecule has 9 nitrogen and oxygen atoms in total. The fraction of sp³-hybridized carbons (Fsp3) is 0.324. The number of rotatable bonds is 4. The van der Waals surface area contributed by atoms with E-state index in [0.717, 1.165) is 11.1 Å². The second-order valence-corrected chi connectivity index (χ2v) is 15.6. The Bertz CT molecular complexity index is 2260. The number of carboxylic acid groups (broad SMARTS) is 1. The number of halogens is 3. The summed E-state index contributed by atoms with van der Waals surface area (Å²) in [5, 5.41) is 15.1. The van der Waals surface area contributed by atoms with Crippen LogP contribution in [0.3, 0.4) is 0 Å². The van der Waals surface area contributed by atoms with Gasteiger partial charge in [0.1, 0.15) is 17.4 Å². The quantitative estimate of drug-likeness (QED) is 0.194. The molecule has 50 heavy (non-hydrogen) atoms. The SMILES string of the molecule is Cn1nc2nc1-c1cc(ccc1F)Oc1c(F)cc3[nH]ccc3c1CCS(=O)(=O)/C=C(/F)C(C)(C)CCC2(C)c1cccc(CCC(=O)O)c1. The van der Waals surface area contributed by atoms with Crippen LogP contribution < -0.4 is 4.74 Å². The van der Waals surface area contributed by atoms with Crippen LogP contribution in [0.1, 0.15) is 62.5 Å². The topological polar surface area (TPSA) is 127 Å². The normalized spacial score (nSPS) is 20.2. The highest BCUT2D eigenvalue weighted by atomic mass is 32.2. The summed E-state index contributed by atoms with van der Waals surface area (Å²) in [4.78, 5) is 19.0. The van der Waals surface area contributed by atoms with E-state index < -0.39 is 49.9 Å². The van der Waals surface area contributed by atoms with Gasteiger partial charge in [-0.15, -0.1) is 0 Å². The molecule has 0 saturated carbocycles. The van der Waals surface area contributed by atoms with Crippen LogP contribution in [0.4, 0.5) is 13.2 Å². The zero-order valence-electron chi connectivity index (χ0n) is 28.1. The molecule has 4 bridgehead atoms. The number of aromatic amines is 1. The fourth-order valence-corrected chi connectivity index (χ4v) is 7.54. The highest BCUT2D eigenvalue weighted by molar-refractivity contribution is 7.94. The molecule has 0 fully saturated rings. The Hall–Kier alpha value is -4.91. The summed E-state index contributed by atoms with van der Waals surface area (Å²) >= 11 is 0. The molecule has 13 heteroatoms. The molecule has 5 aromatic rings. The predicted octanol–water partition coefficient (Wildman–Crippen LogP) is 7.95. The summed E-state index contributed by atoms with van der Waals surface area (Å²) in [6.45, 7) is 5.08. The molecule has 3 aromatic carbocycles. The Kier molecular flexibility index (Phi) is 9.14. The van der Waals surface area contributed by atoms with Crippen molar-refractivity contribution in [1.29, 1.82) is 0 Å². The summed E-state index contributed by atoms with van der Waals surface area (Å²) in [5.41, 5.74) is -0.0601. The van der Waals surface area contributed by atoms with Gasteiger partial charge < -0.3 is 14.8 Å². The standard InChI is InChI=1S/C37H37F3N4O5S/c1-36(2)14-15-37(3,23-7-5-6-22(18-23)8-11-32(45)46)35-42-34(44(4)43-35)27-19-24(9-10-28(27)38)49-33-26(13-17-50(47,48)21-31(36)40)25-12-16-41-30(25)20-29(33)39/h5-7,9-10,12,16,18-21,41H,8,11,13-15,17H2,1-4H3,(H,45,46)/b31-21+. The van der Waals surface area contributed by atoms with Crippen LogP contribution in [-0.4, -0.2) is 45.0 Å². The third kappa shape index (κ3) is 6.91. The maximum absolute atomic E-state index is 16.0. The maximum Gasteiger partial charge on any atom is 0.303 e. The number of hydrogen-bond donors (Lipinski definition) is 2. The number of hydrogen-bond acceptors (Lipinski definition) is 6. The van der Waals surface area contributed by atoms with Crippen molar-refractivity contribution < 1.29 is 36.2 Å². The van der Waals surface area contributed by atoms with Gasteiger partial charge in [-0.25, -0.2) is 31.3 Å². The Balaban J connectivity index is 1.54. The van der Waals surface area contributed by atoms with Gasteiger partial charge in [-0.2, -0.15) is 5.10 Å². The molecule has 1 unspecified atom stereocenters. The minimum Gasteiger partial charge on any atom is -0.481 e. The maximum atomic E-state index is 16.0. The molecule has 0 amide bonds. The Labute approximate surface area is 287 Å². The van der Waals surface area contributed by atoms with Gasteiger partial charge in [-0.3, -0.25) is 4.79 Å². The van der Waals surface area contributed by atoms with Crippen molar-refractivity contribution in [2.24, 2.45) is 12.5 Å². The number of aliphatic carboxylic acids is 1. The summed E-state index contributed by atoms with van der Waals surface area (Å²) in [6, 6.07) is 14.1. The smallest absolute Gasteiger partial charge is 0.303 e. The van der Waals surface area contributed by atoms with Crippen LogP contribution in [-0.2, 0) is 39.9 Å². The first-order chi connectivity index (χ1) is 23.6. The van der Waals surface area contributed by atoms with Crippen LogP contribution >= 0.6 is 0 Å². The zero-order chi connectivity index (χ0) is 36.0. The molecule has 1 atom stereocenters. The minimum atomic E-state index is -4.14. The molecule has 1 aliphatic rings. The number of ether oxygens (including phenoxy) is 1. The zero-order valence-corrected chi connectivity index (χ0v) is 28.9. The number of allylic oxidation sites excluding steroid dienone is 1. The van der Waals surface area contributed by atoms with E-state index in [1.54, 1.807) is 39.2 Å². The van der Waals surface area contributed by atoms with Gasteiger partial charge in [0.2, 0.25) is 0 Å². The van der Waals surface area contributed by atoms with Crippen molar-refractivity contribution in [1.82, 2.24) is 19.7 Å². The fourth-order valence-electron chi connectivity index (χ4n) is 6.30. The van der Waals surface area contributed by atoms with Crippen molar-refractivity contribution in [3.05, 3.63) is 106 Å². The van der Waals surface area contributed by atoms with E-state index in [1.165, 1.54) is 28.9 Å². The van der Waals surface area contributed by atoms with Crippen molar-refractivity contribution >= 4 is 26.7 Å². The van der Waals surface area contributed by atoms with E-state index in [9.17, 15) is 18.3 Å². The largest absolute Gasteiger partial charge is 0.481 e. The van der Waals surface area contributed by atoms with Crippen LogP contribution in [0.25, 0.3) is 22.3 Å². The number of carboxylic acids is 1. The number of sulfone groups is 1. The lowest BCUT2D eigenvalue weighted by Gasteiger charge is -2.32. The highest BCUT2D eigenvalue weighted by Crippen LogP contribution is 2.43. The van der Waals surface area contributed by atoms with Gasteiger partial charge in [-0.05, 0) is 68.0 Å². The Morgan fingerprint density at radius 2 is 1.82 bits per heavy atom. The number of carbonyl (C=O) groups is 1. The van der Waals surface area contributed by atoms with Crippen molar-refractivity contribution in [3.8, 4) is 22.9 Å². The molecule has 6 rings (SSSR count). The molecule has 2 N–H and O–H groups in total. The first kappa shape index (κ1) is 34.9. The van der Waals surface area contributed by atoms with Gasteiger partial charge in [0.25, 0.3) is 0 Å². The number of aryl methyl sites for hydroxylation is 3. The van der Waals surface area contributed by atoms with Crippen LogP contribution in [0.15, 0.2) is 72.0 Å². The van der Waals surface area contributed by atoms with Gasteiger partial charge in [0, 0.05) is 47.6 Å². The Morgan fingerprint density at radius 1 is 1.04 bits per heavy atom. The molecule has 1 aliphatic heterocycles. The third-order valence-electron chi connectivity index (χ3n) is 9.53. The van der Waals surface area contributed by atoms with Crippen molar-refractivity contribution in [2.45, 2.75) is 58.3 Å². The summed E-state index contributed by atoms with van der Waals surface area (Å²) < 4.78 is 81.4. The predicted molar refractivity (Wildman–Crippen MR) is 183 cm³/mol. The molecule has 3 heterocycles. The van der Waals surface area contributed by atoms with Gasteiger partial charge >= 0.3 is 5.97 Å². The second kappa shape index (κ2) is 13.1. The molecule has 0 spiro atoms. The number of nitrogens with zero attached hydrogens (tertiary/aromatic N) is 3. The molecule has 0 saturated heterocycles. The van der Waals surface area contributed by atoms with E-state index in [4.69, 9.17) is 14.8 Å². The first-order valence-corrected chi connectivity index (χ1v) is 17.9. The van der Waals surface area contributed by atoms with E-state index in [2.05, 4.69) is 4.98 Å². The summed E-state index contributed by atoms with van der Waals surface area (Å²) in [7, 11) is -2.53. The molecular weight excluding hydrogens is 669 g/mol.